The number of carbonyl (C=O) groups is 1. The minimum absolute atomic E-state index is 0. The monoisotopic (exact) mass is 546 g/mol. The van der Waals surface area contributed by atoms with E-state index in [1.54, 1.807) is 0 Å². The molecule has 1 fully saturated rings. The maximum atomic E-state index is 12.0. The summed E-state index contributed by atoms with van der Waals surface area (Å²) in [4.78, 5) is 19.0. The SMILES string of the molecule is CCNC(=NCc1ccc2c(c1)OCCCO2)N1CCC(NC(=O)OC(C)(C)C)C1.I. The molecule has 1 aromatic rings. The molecule has 0 spiro atoms. The van der Waals surface area contributed by atoms with Crippen LogP contribution in [0.4, 0.5) is 4.79 Å². The Bertz CT molecular complexity index is 766. The van der Waals surface area contributed by atoms with Gasteiger partial charge >= 0.3 is 6.09 Å². The lowest BCUT2D eigenvalue weighted by Crippen LogP contribution is -2.44. The normalized spacial score (nSPS) is 18.6. The van der Waals surface area contributed by atoms with Gasteiger partial charge in [-0.05, 0) is 51.8 Å². The Morgan fingerprint density at radius 3 is 2.71 bits per heavy atom. The molecule has 0 aliphatic carbocycles. The fourth-order valence-electron chi connectivity index (χ4n) is 3.44. The molecule has 1 amide bonds. The predicted molar refractivity (Wildman–Crippen MR) is 132 cm³/mol. The van der Waals surface area contributed by atoms with Gasteiger partial charge in [0.05, 0.1) is 25.8 Å². The van der Waals surface area contributed by atoms with Gasteiger partial charge in [0.25, 0.3) is 0 Å². The van der Waals surface area contributed by atoms with E-state index < -0.39 is 5.60 Å². The number of nitrogens with one attached hydrogen (secondary N) is 2. The van der Waals surface area contributed by atoms with Gasteiger partial charge in [0.1, 0.15) is 5.60 Å². The fraction of sp³-hybridized carbons (Fsp3) is 0.636. The van der Waals surface area contributed by atoms with Gasteiger partial charge in [-0.2, -0.15) is 0 Å². The van der Waals surface area contributed by atoms with E-state index in [0.717, 1.165) is 49.0 Å². The van der Waals surface area contributed by atoms with Crippen LogP contribution < -0.4 is 20.1 Å². The third-order valence-corrected chi connectivity index (χ3v) is 4.77. The number of amides is 1. The Balaban J connectivity index is 0.00000341. The van der Waals surface area contributed by atoms with E-state index in [2.05, 4.69) is 22.5 Å². The van der Waals surface area contributed by atoms with E-state index in [1.807, 2.05) is 39.0 Å². The first kappa shape index (κ1) is 25.4. The average molecular weight is 546 g/mol. The van der Waals surface area contributed by atoms with Crippen LogP contribution in [-0.2, 0) is 11.3 Å². The van der Waals surface area contributed by atoms with Crippen LogP contribution in [0.1, 0.15) is 46.1 Å². The molecule has 9 heteroatoms. The molecular formula is C22H35IN4O4. The summed E-state index contributed by atoms with van der Waals surface area (Å²) in [5.74, 6) is 2.42. The van der Waals surface area contributed by atoms with Crippen LogP contribution in [0.3, 0.4) is 0 Å². The van der Waals surface area contributed by atoms with Crippen molar-refractivity contribution in [2.45, 2.75) is 58.7 Å². The first-order valence-electron chi connectivity index (χ1n) is 10.8. The van der Waals surface area contributed by atoms with E-state index in [0.29, 0.717) is 26.3 Å². The van der Waals surface area contributed by atoms with E-state index in [1.165, 1.54) is 0 Å². The molecule has 0 aromatic heterocycles. The minimum Gasteiger partial charge on any atom is -0.490 e. The summed E-state index contributed by atoms with van der Waals surface area (Å²) in [5.41, 5.74) is 0.568. The number of benzene rings is 1. The molecule has 174 valence electrons. The summed E-state index contributed by atoms with van der Waals surface area (Å²) in [6.07, 6.45) is 1.37. The second-order valence-corrected chi connectivity index (χ2v) is 8.58. The zero-order valence-corrected chi connectivity index (χ0v) is 21.2. The highest BCUT2D eigenvalue weighted by molar-refractivity contribution is 14.0. The Morgan fingerprint density at radius 1 is 1.26 bits per heavy atom. The van der Waals surface area contributed by atoms with E-state index in [4.69, 9.17) is 19.2 Å². The minimum atomic E-state index is -0.499. The summed E-state index contributed by atoms with van der Waals surface area (Å²) in [7, 11) is 0. The number of ether oxygens (including phenoxy) is 3. The lowest BCUT2D eigenvalue weighted by molar-refractivity contribution is 0.0507. The van der Waals surface area contributed by atoms with Crippen LogP contribution >= 0.6 is 24.0 Å². The zero-order valence-electron chi connectivity index (χ0n) is 18.9. The van der Waals surface area contributed by atoms with Crippen molar-refractivity contribution in [3.8, 4) is 11.5 Å². The van der Waals surface area contributed by atoms with Gasteiger partial charge in [-0.25, -0.2) is 9.79 Å². The predicted octanol–water partition coefficient (Wildman–Crippen LogP) is 3.53. The molecule has 1 unspecified atom stereocenters. The fourth-order valence-corrected chi connectivity index (χ4v) is 3.44. The van der Waals surface area contributed by atoms with E-state index in [-0.39, 0.29) is 36.1 Å². The van der Waals surface area contributed by atoms with E-state index in [9.17, 15) is 4.79 Å². The molecule has 2 N–H and O–H groups in total. The summed E-state index contributed by atoms with van der Waals surface area (Å²) >= 11 is 0. The van der Waals surface area contributed by atoms with Crippen molar-refractivity contribution in [1.29, 1.82) is 0 Å². The largest absolute Gasteiger partial charge is 0.490 e. The number of likely N-dealkylation sites (tertiary alicyclic amines) is 1. The van der Waals surface area contributed by atoms with Crippen molar-refractivity contribution in [3.05, 3.63) is 23.8 Å². The molecule has 1 atom stereocenters. The maximum Gasteiger partial charge on any atom is 0.407 e. The number of nitrogens with zero attached hydrogens (tertiary/aromatic N) is 2. The summed E-state index contributed by atoms with van der Waals surface area (Å²) in [5, 5.41) is 6.32. The highest BCUT2D eigenvalue weighted by Crippen LogP contribution is 2.30. The zero-order chi connectivity index (χ0) is 21.6. The number of halogens is 1. The number of hydrogen-bond donors (Lipinski definition) is 2. The topological polar surface area (TPSA) is 84.4 Å². The van der Waals surface area contributed by atoms with Crippen molar-refractivity contribution < 1.29 is 19.0 Å². The van der Waals surface area contributed by atoms with Gasteiger partial charge in [0.15, 0.2) is 17.5 Å². The maximum absolute atomic E-state index is 12.0. The second kappa shape index (κ2) is 11.6. The Labute approximate surface area is 202 Å². The van der Waals surface area contributed by atoms with Gasteiger partial charge < -0.3 is 29.7 Å². The Kier molecular flexibility index (Phi) is 9.52. The van der Waals surface area contributed by atoms with Crippen LogP contribution in [-0.4, -0.2) is 61.4 Å². The molecule has 31 heavy (non-hydrogen) atoms. The van der Waals surface area contributed by atoms with Gasteiger partial charge in [0, 0.05) is 26.1 Å². The van der Waals surface area contributed by atoms with Gasteiger partial charge in [-0.15, -0.1) is 24.0 Å². The van der Waals surface area contributed by atoms with Gasteiger partial charge in [0.2, 0.25) is 0 Å². The summed E-state index contributed by atoms with van der Waals surface area (Å²) in [6, 6.07) is 6.03. The van der Waals surface area contributed by atoms with Gasteiger partial charge in [-0.1, -0.05) is 6.07 Å². The molecule has 1 aromatic carbocycles. The van der Waals surface area contributed by atoms with E-state index >= 15 is 0 Å². The third-order valence-electron chi connectivity index (χ3n) is 4.77. The highest BCUT2D eigenvalue weighted by atomic mass is 127. The van der Waals surface area contributed by atoms with Crippen LogP contribution in [0.25, 0.3) is 0 Å². The Morgan fingerprint density at radius 2 is 2.00 bits per heavy atom. The van der Waals surface area contributed by atoms with Gasteiger partial charge in [-0.3, -0.25) is 0 Å². The van der Waals surface area contributed by atoms with Crippen LogP contribution in [0.15, 0.2) is 23.2 Å². The first-order chi connectivity index (χ1) is 14.3. The molecule has 0 saturated carbocycles. The quantitative estimate of drug-likeness (QED) is 0.342. The lowest BCUT2D eigenvalue weighted by Gasteiger charge is -2.23. The van der Waals surface area contributed by atoms with Crippen molar-refractivity contribution >= 4 is 36.0 Å². The van der Waals surface area contributed by atoms with Crippen LogP contribution in [0, 0.1) is 0 Å². The number of rotatable bonds is 4. The number of carbonyl (C=O) groups excluding carboxylic acids is 1. The number of hydrogen-bond acceptors (Lipinski definition) is 5. The van der Waals surface area contributed by atoms with Crippen molar-refractivity contribution in [2.75, 3.05) is 32.8 Å². The molecule has 0 radical (unpaired) electrons. The van der Waals surface area contributed by atoms with Crippen molar-refractivity contribution in [1.82, 2.24) is 15.5 Å². The highest BCUT2D eigenvalue weighted by Gasteiger charge is 2.27. The number of fused-ring (bicyclic) bond motifs is 1. The molecular weight excluding hydrogens is 511 g/mol. The van der Waals surface area contributed by atoms with Crippen LogP contribution in [0.2, 0.25) is 0 Å². The molecule has 3 rings (SSSR count). The number of guanidine groups is 1. The molecule has 2 aliphatic heterocycles. The third kappa shape index (κ3) is 7.93. The number of aliphatic imine (C=N–C) groups is 1. The van der Waals surface area contributed by atoms with Crippen LogP contribution in [0.5, 0.6) is 11.5 Å². The molecule has 8 nitrogen and oxygen atoms in total. The van der Waals surface area contributed by atoms with Crippen molar-refractivity contribution in [2.24, 2.45) is 4.99 Å². The first-order valence-corrected chi connectivity index (χ1v) is 10.8. The average Bonchev–Trinajstić information content (AvgIpc) is 2.99. The summed E-state index contributed by atoms with van der Waals surface area (Å²) in [6.45, 7) is 11.8. The second-order valence-electron chi connectivity index (χ2n) is 8.58. The smallest absolute Gasteiger partial charge is 0.407 e. The van der Waals surface area contributed by atoms with Crippen molar-refractivity contribution in [3.63, 3.8) is 0 Å². The Hall–Kier alpha value is -1.91. The molecule has 2 heterocycles. The molecule has 2 aliphatic rings. The molecule has 1 saturated heterocycles. The summed E-state index contributed by atoms with van der Waals surface area (Å²) < 4.78 is 16.8. The molecule has 0 bridgehead atoms. The standard InChI is InChI=1S/C22H34N4O4.HI/c1-5-23-20(26-10-9-17(15-26)25-21(27)30-22(2,3)4)24-14-16-7-8-18-19(13-16)29-12-6-11-28-18;/h7-8,13,17H,5-6,9-12,14-15H2,1-4H3,(H,23,24)(H,25,27);1H. The number of alkyl carbamates (subject to hydrolysis) is 1. The lowest BCUT2D eigenvalue weighted by atomic mass is 10.2.